The SMILES string of the molecule is N#[N+]P(=O)([O-])Oc1cccc2ccccc12. The van der Waals surface area contributed by atoms with Gasteiger partial charge in [-0.25, -0.2) is 4.57 Å². The van der Waals surface area contributed by atoms with Crippen LogP contribution in [0.3, 0.4) is 0 Å². The lowest BCUT2D eigenvalue weighted by atomic mass is 10.1. The largest absolute Gasteiger partial charge is 0.694 e. The summed E-state index contributed by atoms with van der Waals surface area (Å²) in [6, 6.07) is 12.1. The summed E-state index contributed by atoms with van der Waals surface area (Å²) in [6.07, 6.45) is 0. The van der Waals surface area contributed by atoms with Crippen molar-refractivity contribution in [2.24, 2.45) is 0 Å². The van der Waals surface area contributed by atoms with E-state index in [1.54, 1.807) is 18.2 Å². The third kappa shape index (κ3) is 2.03. The molecule has 2 aromatic carbocycles. The van der Waals surface area contributed by atoms with E-state index < -0.39 is 7.75 Å². The van der Waals surface area contributed by atoms with Crippen LogP contribution in [0.25, 0.3) is 15.5 Å². The third-order valence-electron chi connectivity index (χ3n) is 2.07. The van der Waals surface area contributed by atoms with Gasteiger partial charge in [0.2, 0.25) is 5.39 Å². The van der Waals surface area contributed by atoms with E-state index in [1.807, 2.05) is 18.2 Å². The summed E-state index contributed by atoms with van der Waals surface area (Å²) in [5.74, 6) is 0.147. The Hall–Kier alpha value is -1.89. The predicted molar refractivity (Wildman–Crippen MR) is 57.3 cm³/mol. The maximum Gasteiger partial charge on any atom is 0.635 e. The van der Waals surface area contributed by atoms with Gasteiger partial charge in [-0.1, -0.05) is 36.4 Å². The predicted octanol–water partition coefficient (Wildman–Crippen LogP) is 2.54. The molecule has 16 heavy (non-hydrogen) atoms. The van der Waals surface area contributed by atoms with Crippen molar-refractivity contribution in [2.45, 2.75) is 0 Å². The zero-order chi connectivity index (χ0) is 11.6. The van der Waals surface area contributed by atoms with Gasteiger partial charge in [-0.05, 0) is 11.5 Å². The van der Waals surface area contributed by atoms with Crippen molar-refractivity contribution in [3.8, 4) is 5.75 Å². The van der Waals surface area contributed by atoms with Gasteiger partial charge in [0.1, 0.15) is 5.75 Å². The minimum absolute atomic E-state index is 0.147. The molecule has 0 spiro atoms. The summed E-state index contributed by atoms with van der Waals surface area (Å²) in [4.78, 5) is 11.0. The maximum atomic E-state index is 11.0. The van der Waals surface area contributed by atoms with Crippen LogP contribution in [0, 0.1) is 5.39 Å². The number of nitrogens with zero attached hydrogens (tertiary/aromatic N) is 2. The maximum absolute atomic E-state index is 11.0. The Balaban J connectivity index is 2.54. The molecule has 0 aliphatic rings. The van der Waals surface area contributed by atoms with Crippen molar-refractivity contribution in [3.63, 3.8) is 0 Å². The average molecular weight is 234 g/mol. The molecule has 0 saturated carbocycles. The fourth-order valence-corrected chi connectivity index (χ4v) is 1.86. The second-order valence-corrected chi connectivity index (χ2v) is 4.43. The Bertz CT molecular complexity index is 615. The number of rotatable bonds is 2. The quantitative estimate of drug-likeness (QED) is 0.590. The minimum atomic E-state index is -4.57. The van der Waals surface area contributed by atoms with Crippen LogP contribution in [0.15, 0.2) is 42.5 Å². The second kappa shape index (κ2) is 3.93. The second-order valence-electron chi connectivity index (χ2n) is 3.13. The molecule has 0 bridgehead atoms. The van der Waals surface area contributed by atoms with E-state index in [-0.39, 0.29) is 5.75 Å². The Labute approximate surface area is 91.5 Å². The Morgan fingerprint density at radius 3 is 2.62 bits per heavy atom. The molecule has 0 aromatic heterocycles. The fourth-order valence-electron chi connectivity index (χ4n) is 1.42. The van der Waals surface area contributed by atoms with E-state index in [2.05, 4.69) is 9.27 Å². The molecule has 1 unspecified atom stereocenters. The van der Waals surface area contributed by atoms with Crippen molar-refractivity contribution >= 4 is 18.5 Å². The molecule has 0 N–H and O–H groups in total. The molecule has 80 valence electrons. The van der Waals surface area contributed by atoms with E-state index in [0.29, 0.717) is 5.39 Å². The molecule has 0 fully saturated rings. The van der Waals surface area contributed by atoms with Crippen molar-refractivity contribution in [3.05, 3.63) is 47.2 Å². The fraction of sp³-hybridized carbons (Fsp3) is 0. The van der Waals surface area contributed by atoms with Gasteiger partial charge >= 0.3 is 7.75 Å². The van der Waals surface area contributed by atoms with Crippen LogP contribution in [-0.2, 0) is 4.57 Å². The van der Waals surface area contributed by atoms with Crippen LogP contribution in [0.4, 0.5) is 0 Å². The van der Waals surface area contributed by atoms with Crippen molar-refractivity contribution in [2.75, 3.05) is 0 Å². The van der Waals surface area contributed by atoms with Crippen LogP contribution in [-0.4, -0.2) is 0 Å². The lowest BCUT2D eigenvalue weighted by Gasteiger charge is -2.08. The Morgan fingerprint density at radius 2 is 1.88 bits per heavy atom. The highest BCUT2D eigenvalue weighted by molar-refractivity contribution is 7.53. The monoisotopic (exact) mass is 234 g/mol. The van der Waals surface area contributed by atoms with Gasteiger partial charge in [-0.2, -0.15) is 0 Å². The summed E-state index contributed by atoms with van der Waals surface area (Å²) in [7, 11) is -4.57. The molecule has 2 aromatic rings. The molecule has 6 heteroatoms. The standard InChI is InChI=1S/C10H7N2O3P/c11-12-16(13,14)15-10-7-3-5-8-4-1-2-6-9(8)10/h1-7H. The van der Waals surface area contributed by atoms with Crippen LogP contribution in [0.5, 0.6) is 5.75 Å². The summed E-state index contributed by atoms with van der Waals surface area (Å²) in [6.45, 7) is 0. The van der Waals surface area contributed by atoms with E-state index in [9.17, 15) is 9.46 Å². The first-order valence-corrected chi connectivity index (χ1v) is 5.97. The summed E-state index contributed by atoms with van der Waals surface area (Å²) < 4.78 is 17.8. The number of hydrogen-bond donors (Lipinski definition) is 0. The summed E-state index contributed by atoms with van der Waals surface area (Å²) in [5, 5.41) is 9.74. The van der Waals surface area contributed by atoms with Crippen LogP contribution < -0.4 is 9.42 Å². The molecule has 2 rings (SSSR count). The topological polar surface area (TPSA) is 77.5 Å². The number of benzene rings is 2. The van der Waals surface area contributed by atoms with Gasteiger partial charge in [-0.3, -0.25) is 0 Å². The molecule has 1 atom stereocenters. The van der Waals surface area contributed by atoms with Gasteiger partial charge in [0, 0.05) is 5.39 Å². The molecule has 0 amide bonds. The van der Waals surface area contributed by atoms with Gasteiger partial charge in [0.15, 0.2) is 4.75 Å². The van der Waals surface area contributed by atoms with Gasteiger partial charge in [0.05, 0.1) is 0 Å². The molecule has 0 saturated heterocycles. The van der Waals surface area contributed by atoms with Crippen LogP contribution in [0.2, 0.25) is 0 Å². The van der Waals surface area contributed by atoms with Crippen molar-refractivity contribution < 1.29 is 14.0 Å². The molecule has 0 aliphatic heterocycles. The zero-order valence-corrected chi connectivity index (χ0v) is 9.00. The average Bonchev–Trinajstić information content (AvgIpc) is 2.29. The number of fused-ring (bicyclic) bond motifs is 1. The molecular weight excluding hydrogens is 227 g/mol. The van der Waals surface area contributed by atoms with Crippen LogP contribution in [0.1, 0.15) is 0 Å². The first-order chi connectivity index (χ1) is 7.62. The van der Waals surface area contributed by atoms with Gasteiger partial charge in [-0.15, -0.1) is 0 Å². The molecular formula is C10H7N2O3P. The van der Waals surface area contributed by atoms with Crippen molar-refractivity contribution in [1.82, 2.24) is 0 Å². The number of hydrogen-bond acceptors (Lipinski definition) is 4. The highest BCUT2D eigenvalue weighted by Crippen LogP contribution is 2.42. The lowest BCUT2D eigenvalue weighted by molar-refractivity contribution is -0.187. The highest BCUT2D eigenvalue weighted by atomic mass is 31.2. The normalized spacial score (nSPS) is 14.0. The third-order valence-corrected chi connectivity index (χ3v) is 2.72. The lowest BCUT2D eigenvalue weighted by Crippen LogP contribution is -2.03. The summed E-state index contributed by atoms with van der Waals surface area (Å²) >= 11 is 0. The van der Waals surface area contributed by atoms with E-state index in [1.165, 1.54) is 6.07 Å². The smallest absolute Gasteiger partial charge is 0.635 e. The highest BCUT2D eigenvalue weighted by Gasteiger charge is 2.25. The van der Waals surface area contributed by atoms with Crippen LogP contribution >= 0.6 is 7.75 Å². The molecule has 0 heterocycles. The van der Waals surface area contributed by atoms with E-state index >= 15 is 0 Å². The summed E-state index contributed by atoms with van der Waals surface area (Å²) in [5.41, 5.74) is 0. The van der Waals surface area contributed by atoms with Crippen molar-refractivity contribution in [1.29, 1.82) is 5.39 Å². The molecule has 5 nitrogen and oxygen atoms in total. The minimum Gasteiger partial charge on any atom is -0.694 e. The molecule has 0 aliphatic carbocycles. The zero-order valence-electron chi connectivity index (χ0n) is 8.11. The number of diazo groups is 1. The molecule has 0 radical (unpaired) electrons. The van der Waals surface area contributed by atoms with Gasteiger partial charge < -0.3 is 9.42 Å². The van der Waals surface area contributed by atoms with E-state index in [0.717, 1.165) is 5.39 Å². The van der Waals surface area contributed by atoms with Gasteiger partial charge in [0.25, 0.3) is 0 Å². The first-order valence-electron chi connectivity index (χ1n) is 4.47. The Morgan fingerprint density at radius 1 is 1.19 bits per heavy atom. The van der Waals surface area contributed by atoms with E-state index in [4.69, 9.17) is 5.39 Å². The first kappa shape index (κ1) is 10.6. The Kier molecular flexibility index (Phi) is 2.61.